The Morgan fingerprint density at radius 3 is 2.81 bits per heavy atom. The molecule has 1 aliphatic heterocycles. The van der Waals surface area contributed by atoms with Crippen LogP contribution < -0.4 is 5.32 Å². The van der Waals surface area contributed by atoms with Crippen molar-refractivity contribution in [2.45, 2.75) is 52.1 Å². The molecule has 1 atom stereocenters. The van der Waals surface area contributed by atoms with Gasteiger partial charge in [-0.25, -0.2) is 0 Å². The predicted molar refractivity (Wildman–Crippen MR) is 67.0 cm³/mol. The minimum absolute atomic E-state index is 0.663. The van der Waals surface area contributed by atoms with Crippen LogP contribution in [-0.4, -0.2) is 22.4 Å². The summed E-state index contributed by atoms with van der Waals surface area (Å²) in [7, 11) is 0. The summed E-state index contributed by atoms with van der Waals surface area (Å²) in [6.45, 7) is 6.14. The van der Waals surface area contributed by atoms with Gasteiger partial charge in [0.05, 0.1) is 16.4 Å². The third-order valence-corrected chi connectivity index (χ3v) is 3.94. The standard InChI is InChI=1S/C12H20ClN3/c1-9-12(13)10(2)16(15-9)8-6-11-5-3-4-7-14-11/h11,14H,3-8H2,1-2H3. The van der Waals surface area contributed by atoms with Crippen LogP contribution in [0.5, 0.6) is 0 Å². The molecule has 0 saturated carbocycles. The number of rotatable bonds is 3. The molecule has 1 fully saturated rings. The minimum Gasteiger partial charge on any atom is -0.314 e. The molecule has 2 heterocycles. The maximum Gasteiger partial charge on any atom is 0.0844 e. The second-order valence-corrected chi connectivity index (χ2v) is 5.02. The normalized spacial score (nSPS) is 21.3. The molecule has 1 aromatic heterocycles. The molecule has 90 valence electrons. The van der Waals surface area contributed by atoms with Gasteiger partial charge in [-0.05, 0) is 39.7 Å². The molecule has 0 spiro atoms. The van der Waals surface area contributed by atoms with E-state index in [0.717, 1.165) is 29.4 Å². The van der Waals surface area contributed by atoms with Crippen LogP contribution >= 0.6 is 11.6 Å². The number of piperidine rings is 1. The van der Waals surface area contributed by atoms with Crippen molar-refractivity contribution in [3.8, 4) is 0 Å². The maximum atomic E-state index is 6.12. The summed E-state index contributed by atoms with van der Waals surface area (Å²) in [5, 5.41) is 8.82. The van der Waals surface area contributed by atoms with E-state index in [1.165, 1.54) is 25.8 Å². The first-order valence-electron chi connectivity index (χ1n) is 6.11. The molecule has 0 aliphatic carbocycles. The maximum absolute atomic E-state index is 6.12. The first-order valence-corrected chi connectivity index (χ1v) is 6.49. The average molecular weight is 242 g/mol. The van der Waals surface area contributed by atoms with E-state index in [1.54, 1.807) is 0 Å². The molecule has 3 nitrogen and oxygen atoms in total. The Kier molecular flexibility index (Phi) is 3.87. The number of hydrogen-bond acceptors (Lipinski definition) is 2. The number of aromatic nitrogens is 2. The van der Waals surface area contributed by atoms with Gasteiger partial charge in [-0.3, -0.25) is 4.68 Å². The minimum atomic E-state index is 0.663. The van der Waals surface area contributed by atoms with Crippen LogP contribution in [0.4, 0.5) is 0 Å². The van der Waals surface area contributed by atoms with Crippen molar-refractivity contribution in [1.29, 1.82) is 0 Å². The quantitative estimate of drug-likeness (QED) is 0.882. The lowest BCUT2D eigenvalue weighted by atomic mass is 10.0. The van der Waals surface area contributed by atoms with E-state index in [2.05, 4.69) is 10.4 Å². The highest BCUT2D eigenvalue weighted by molar-refractivity contribution is 6.31. The van der Waals surface area contributed by atoms with Crippen molar-refractivity contribution >= 4 is 11.6 Å². The fraction of sp³-hybridized carbons (Fsp3) is 0.750. The lowest BCUT2D eigenvalue weighted by molar-refractivity contribution is 0.359. The van der Waals surface area contributed by atoms with Gasteiger partial charge in [0.1, 0.15) is 0 Å². The van der Waals surface area contributed by atoms with Gasteiger partial charge in [-0.1, -0.05) is 18.0 Å². The SMILES string of the molecule is Cc1nn(CCC2CCCCN2)c(C)c1Cl. The molecule has 0 aromatic carbocycles. The van der Waals surface area contributed by atoms with Crippen molar-refractivity contribution in [2.24, 2.45) is 0 Å². The Labute approximate surface area is 102 Å². The van der Waals surface area contributed by atoms with E-state index < -0.39 is 0 Å². The Morgan fingerprint density at radius 2 is 2.25 bits per heavy atom. The molecular weight excluding hydrogens is 222 g/mol. The summed E-state index contributed by atoms with van der Waals surface area (Å²) in [5.41, 5.74) is 2.03. The molecule has 2 rings (SSSR count). The molecule has 0 amide bonds. The number of hydrogen-bond donors (Lipinski definition) is 1. The zero-order valence-corrected chi connectivity index (χ0v) is 10.8. The van der Waals surface area contributed by atoms with Gasteiger partial charge in [-0.15, -0.1) is 0 Å². The summed E-state index contributed by atoms with van der Waals surface area (Å²) < 4.78 is 2.04. The summed E-state index contributed by atoms with van der Waals surface area (Å²) in [6, 6.07) is 0.663. The van der Waals surface area contributed by atoms with Gasteiger partial charge in [0.15, 0.2) is 0 Å². The van der Waals surface area contributed by atoms with Gasteiger partial charge >= 0.3 is 0 Å². The molecule has 16 heavy (non-hydrogen) atoms. The van der Waals surface area contributed by atoms with Gasteiger partial charge < -0.3 is 5.32 Å². The van der Waals surface area contributed by atoms with E-state index >= 15 is 0 Å². The average Bonchev–Trinajstić information content (AvgIpc) is 2.56. The molecule has 1 saturated heterocycles. The predicted octanol–water partition coefficient (Wildman–Crippen LogP) is 2.69. The smallest absolute Gasteiger partial charge is 0.0844 e. The third kappa shape index (κ3) is 2.58. The lowest BCUT2D eigenvalue weighted by Gasteiger charge is -2.23. The molecule has 1 aromatic rings. The summed E-state index contributed by atoms with van der Waals surface area (Å²) in [6.07, 6.45) is 5.13. The van der Waals surface area contributed by atoms with Crippen molar-refractivity contribution < 1.29 is 0 Å². The van der Waals surface area contributed by atoms with Crippen molar-refractivity contribution in [3.05, 3.63) is 16.4 Å². The second kappa shape index (κ2) is 5.19. The summed E-state index contributed by atoms with van der Waals surface area (Å²) in [5.74, 6) is 0. The zero-order chi connectivity index (χ0) is 11.5. The third-order valence-electron chi connectivity index (χ3n) is 3.39. The van der Waals surface area contributed by atoms with Crippen LogP contribution in [-0.2, 0) is 6.54 Å². The monoisotopic (exact) mass is 241 g/mol. The molecule has 1 N–H and O–H groups in total. The topological polar surface area (TPSA) is 29.9 Å². The van der Waals surface area contributed by atoms with Gasteiger partial charge in [0.2, 0.25) is 0 Å². The van der Waals surface area contributed by atoms with Gasteiger partial charge in [0.25, 0.3) is 0 Å². The van der Waals surface area contributed by atoms with E-state index in [4.69, 9.17) is 11.6 Å². The van der Waals surface area contributed by atoms with Crippen LogP contribution in [0.2, 0.25) is 5.02 Å². The Hall–Kier alpha value is -0.540. The molecule has 4 heteroatoms. The van der Waals surface area contributed by atoms with Crippen molar-refractivity contribution in [3.63, 3.8) is 0 Å². The van der Waals surface area contributed by atoms with Gasteiger partial charge in [0, 0.05) is 12.6 Å². The molecule has 1 aliphatic rings. The molecule has 0 radical (unpaired) electrons. The van der Waals surface area contributed by atoms with E-state index in [1.807, 2.05) is 18.5 Å². The van der Waals surface area contributed by atoms with Crippen molar-refractivity contribution in [2.75, 3.05) is 6.54 Å². The largest absolute Gasteiger partial charge is 0.314 e. The summed E-state index contributed by atoms with van der Waals surface area (Å²) >= 11 is 6.12. The Balaban J connectivity index is 1.91. The van der Waals surface area contributed by atoms with Crippen LogP contribution in [0, 0.1) is 13.8 Å². The van der Waals surface area contributed by atoms with Crippen molar-refractivity contribution in [1.82, 2.24) is 15.1 Å². The Bertz CT molecular complexity index is 353. The second-order valence-electron chi connectivity index (χ2n) is 4.64. The van der Waals surface area contributed by atoms with Gasteiger partial charge in [-0.2, -0.15) is 5.10 Å². The highest BCUT2D eigenvalue weighted by atomic mass is 35.5. The zero-order valence-electron chi connectivity index (χ0n) is 10.1. The first kappa shape index (κ1) is 11.9. The highest BCUT2D eigenvalue weighted by Gasteiger charge is 2.14. The van der Waals surface area contributed by atoms with E-state index in [-0.39, 0.29) is 0 Å². The molecule has 0 bridgehead atoms. The number of halogens is 1. The van der Waals surface area contributed by atoms with Crippen LogP contribution in [0.1, 0.15) is 37.1 Å². The van der Waals surface area contributed by atoms with Crippen LogP contribution in [0.15, 0.2) is 0 Å². The number of aryl methyl sites for hydroxylation is 2. The molecule has 1 unspecified atom stereocenters. The lowest BCUT2D eigenvalue weighted by Crippen LogP contribution is -2.34. The van der Waals surface area contributed by atoms with E-state index in [9.17, 15) is 0 Å². The fourth-order valence-electron chi connectivity index (χ4n) is 2.34. The fourth-order valence-corrected chi connectivity index (χ4v) is 2.48. The number of nitrogens with one attached hydrogen (secondary N) is 1. The molecular formula is C12H20ClN3. The highest BCUT2D eigenvalue weighted by Crippen LogP contribution is 2.20. The van der Waals surface area contributed by atoms with E-state index in [0.29, 0.717) is 6.04 Å². The van der Waals surface area contributed by atoms with Crippen LogP contribution in [0.25, 0.3) is 0 Å². The first-order chi connectivity index (χ1) is 7.68. The van der Waals surface area contributed by atoms with Crippen LogP contribution in [0.3, 0.4) is 0 Å². The summed E-state index contributed by atoms with van der Waals surface area (Å²) in [4.78, 5) is 0. The Morgan fingerprint density at radius 1 is 1.44 bits per heavy atom. The number of nitrogens with zero attached hydrogens (tertiary/aromatic N) is 2.